The molecule has 0 radical (unpaired) electrons. The lowest BCUT2D eigenvalue weighted by molar-refractivity contribution is -0.138. The molecule has 1 amide bonds. The van der Waals surface area contributed by atoms with Crippen LogP contribution in [0.25, 0.3) is 11.1 Å². The highest BCUT2D eigenvalue weighted by atomic mass is 16.6. The Morgan fingerprint density at radius 1 is 0.966 bits per heavy atom. The molecule has 0 unspecified atom stereocenters. The molecule has 29 heavy (non-hydrogen) atoms. The smallest absolute Gasteiger partial charge is 0.410 e. The third-order valence-electron chi connectivity index (χ3n) is 5.02. The van der Waals surface area contributed by atoms with Crippen molar-refractivity contribution in [2.45, 2.75) is 12.5 Å². The molecule has 0 saturated heterocycles. The van der Waals surface area contributed by atoms with Gasteiger partial charge >= 0.3 is 12.1 Å². The zero-order valence-corrected chi connectivity index (χ0v) is 15.7. The molecule has 146 valence electrons. The normalized spacial score (nSPS) is 12.1. The minimum atomic E-state index is -1.10. The average molecular weight is 388 g/mol. The maximum absolute atomic E-state index is 12.7. The van der Waals surface area contributed by atoms with E-state index < -0.39 is 18.6 Å². The van der Waals surface area contributed by atoms with Gasteiger partial charge in [0.15, 0.2) is 0 Å². The van der Waals surface area contributed by atoms with Crippen LogP contribution in [0.1, 0.15) is 22.6 Å². The molecule has 0 aliphatic heterocycles. The molecule has 0 fully saturated rings. The topological polar surface area (TPSA) is 79.7 Å². The van der Waals surface area contributed by atoms with Crippen molar-refractivity contribution in [3.05, 3.63) is 89.7 Å². The molecular formula is C23H20N2O4. The number of amides is 1. The predicted molar refractivity (Wildman–Crippen MR) is 107 cm³/mol. The van der Waals surface area contributed by atoms with Crippen LogP contribution in [0.2, 0.25) is 0 Å². The maximum atomic E-state index is 12.7. The van der Waals surface area contributed by atoms with Crippen LogP contribution in [0, 0.1) is 0 Å². The zero-order chi connectivity index (χ0) is 20.2. The molecule has 1 aromatic heterocycles. The third-order valence-corrected chi connectivity index (χ3v) is 5.02. The van der Waals surface area contributed by atoms with E-state index in [2.05, 4.69) is 17.1 Å². The number of nitrogens with zero attached hydrogens (tertiary/aromatic N) is 2. The summed E-state index contributed by atoms with van der Waals surface area (Å²) in [5.41, 5.74) is 5.24. The molecule has 0 saturated carbocycles. The number of carbonyl (C=O) groups is 2. The Hall–Kier alpha value is -3.67. The van der Waals surface area contributed by atoms with E-state index in [1.165, 1.54) is 4.90 Å². The van der Waals surface area contributed by atoms with Crippen molar-refractivity contribution in [1.29, 1.82) is 0 Å². The van der Waals surface area contributed by atoms with Crippen LogP contribution in [0.5, 0.6) is 0 Å². The number of aliphatic carboxylic acids is 1. The number of fused-ring (bicyclic) bond motifs is 3. The molecule has 6 nitrogen and oxygen atoms in total. The second kappa shape index (κ2) is 8.14. The van der Waals surface area contributed by atoms with Gasteiger partial charge in [-0.05, 0) is 33.9 Å². The molecule has 2 aromatic carbocycles. The Kier molecular flexibility index (Phi) is 5.24. The van der Waals surface area contributed by atoms with E-state index in [0.29, 0.717) is 0 Å². The van der Waals surface area contributed by atoms with Crippen LogP contribution in [0.3, 0.4) is 0 Å². The van der Waals surface area contributed by atoms with Crippen LogP contribution < -0.4 is 0 Å². The number of ether oxygens (including phenoxy) is 1. The van der Waals surface area contributed by atoms with Gasteiger partial charge in [0.25, 0.3) is 0 Å². The van der Waals surface area contributed by atoms with Crippen molar-refractivity contribution in [2.75, 3.05) is 13.2 Å². The monoisotopic (exact) mass is 388 g/mol. The number of benzene rings is 2. The number of carboxylic acids is 1. The molecule has 1 aliphatic carbocycles. The minimum absolute atomic E-state index is 0.0728. The maximum Gasteiger partial charge on any atom is 0.410 e. The van der Waals surface area contributed by atoms with E-state index in [1.54, 1.807) is 24.5 Å². The quantitative estimate of drug-likeness (QED) is 0.692. The minimum Gasteiger partial charge on any atom is -0.480 e. The van der Waals surface area contributed by atoms with Crippen molar-refractivity contribution in [3.8, 4) is 11.1 Å². The van der Waals surface area contributed by atoms with Gasteiger partial charge in [-0.2, -0.15) is 0 Å². The first-order valence-corrected chi connectivity index (χ1v) is 9.34. The fourth-order valence-electron chi connectivity index (χ4n) is 3.75. The largest absolute Gasteiger partial charge is 0.480 e. The first kappa shape index (κ1) is 18.7. The third kappa shape index (κ3) is 3.96. The highest BCUT2D eigenvalue weighted by Crippen LogP contribution is 2.44. The van der Waals surface area contributed by atoms with E-state index in [4.69, 9.17) is 4.74 Å². The Bertz CT molecular complexity index is 990. The average Bonchev–Trinajstić information content (AvgIpc) is 3.06. The lowest BCUT2D eigenvalue weighted by Gasteiger charge is -2.22. The summed E-state index contributed by atoms with van der Waals surface area (Å²) in [6.45, 7) is -0.168. The van der Waals surface area contributed by atoms with Crippen molar-refractivity contribution < 1.29 is 19.4 Å². The van der Waals surface area contributed by atoms with Crippen molar-refractivity contribution in [1.82, 2.24) is 9.88 Å². The van der Waals surface area contributed by atoms with Crippen molar-refractivity contribution >= 4 is 12.1 Å². The lowest BCUT2D eigenvalue weighted by atomic mass is 9.98. The van der Waals surface area contributed by atoms with Crippen molar-refractivity contribution in [2.24, 2.45) is 0 Å². The number of carboxylic acid groups (broad SMARTS) is 1. The van der Waals surface area contributed by atoms with Crippen molar-refractivity contribution in [3.63, 3.8) is 0 Å². The van der Waals surface area contributed by atoms with E-state index in [0.717, 1.165) is 27.8 Å². The zero-order valence-electron chi connectivity index (χ0n) is 15.7. The summed E-state index contributed by atoms with van der Waals surface area (Å²) in [5, 5.41) is 9.19. The molecular weight excluding hydrogens is 368 g/mol. The highest BCUT2D eigenvalue weighted by Gasteiger charge is 2.30. The summed E-state index contributed by atoms with van der Waals surface area (Å²) in [5.74, 6) is -1.17. The SMILES string of the molecule is O=C(O)CN(Cc1cccnc1)C(=O)OCC1c2ccccc2-c2ccccc21. The number of aromatic nitrogens is 1. The molecule has 0 atom stereocenters. The molecule has 0 bridgehead atoms. The van der Waals surface area contributed by atoms with E-state index in [9.17, 15) is 14.7 Å². The van der Waals surface area contributed by atoms with E-state index in [1.807, 2.05) is 36.4 Å². The summed E-state index contributed by atoms with van der Waals surface area (Å²) in [4.78, 5) is 29.1. The van der Waals surface area contributed by atoms with Crippen LogP contribution >= 0.6 is 0 Å². The van der Waals surface area contributed by atoms with Gasteiger partial charge in [0.2, 0.25) is 0 Å². The van der Waals surface area contributed by atoms with Gasteiger partial charge in [0.1, 0.15) is 13.2 Å². The summed E-state index contributed by atoms with van der Waals surface area (Å²) in [6.07, 6.45) is 2.57. The molecule has 1 N–H and O–H groups in total. The Labute approximate surface area is 168 Å². The molecule has 3 aromatic rings. The Morgan fingerprint density at radius 2 is 1.62 bits per heavy atom. The first-order chi connectivity index (χ1) is 14.1. The van der Waals surface area contributed by atoms with Crippen LogP contribution in [0.15, 0.2) is 73.1 Å². The first-order valence-electron chi connectivity index (χ1n) is 9.34. The Morgan fingerprint density at radius 3 is 2.21 bits per heavy atom. The number of rotatable bonds is 6. The number of hydrogen-bond donors (Lipinski definition) is 1. The van der Waals surface area contributed by atoms with Gasteiger partial charge in [-0.3, -0.25) is 14.7 Å². The lowest BCUT2D eigenvalue weighted by Crippen LogP contribution is -2.36. The molecule has 6 heteroatoms. The second-order valence-electron chi connectivity index (χ2n) is 6.92. The summed E-state index contributed by atoms with van der Waals surface area (Å²) >= 11 is 0. The molecule has 4 rings (SSSR count). The molecule has 0 spiro atoms. The predicted octanol–water partition coefficient (Wildman–Crippen LogP) is 3.92. The standard InChI is InChI=1S/C23H20N2O4/c26-22(27)14-25(13-16-6-5-11-24-12-16)23(28)29-15-21-19-9-3-1-7-17(19)18-8-2-4-10-20(18)21/h1-12,21H,13-15H2,(H,26,27). The van der Waals surface area contributed by atoms with Gasteiger partial charge < -0.3 is 9.84 Å². The van der Waals surface area contributed by atoms with E-state index >= 15 is 0 Å². The second-order valence-corrected chi connectivity index (χ2v) is 6.92. The molecule has 1 heterocycles. The number of hydrogen-bond acceptors (Lipinski definition) is 4. The number of pyridine rings is 1. The fraction of sp³-hybridized carbons (Fsp3) is 0.174. The summed E-state index contributed by atoms with van der Waals surface area (Å²) < 4.78 is 5.58. The van der Waals surface area contributed by atoms with Gasteiger partial charge in [-0.1, -0.05) is 54.6 Å². The van der Waals surface area contributed by atoms with E-state index in [-0.39, 0.29) is 19.1 Å². The fourth-order valence-corrected chi connectivity index (χ4v) is 3.75. The van der Waals surface area contributed by atoms with Gasteiger partial charge in [-0.25, -0.2) is 4.79 Å². The Balaban J connectivity index is 1.51. The van der Waals surface area contributed by atoms with Crippen LogP contribution in [-0.2, 0) is 16.1 Å². The summed E-state index contributed by atoms with van der Waals surface area (Å²) in [6, 6.07) is 19.7. The van der Waals surface area contributed by atoms with Gasteiger partial charge in [0.05, 0.1) is 6.54 Å². The summed E-state index contributed by atoms with van der Waals surface area (Å²) in [7, 11) is 0. The van der Waals surface area contributed by atoms with Crippen LogP contribution in [0.4, 0.5) is 4.79 Å². The van der Waals surface area contributed by atoms with Gasteiger partial charge in [0, 0.05) is 18.3 Å². The number of carbonyl (C=O) groups excluding carboxylic acids is 1. The van der Waals surface area contributed by atoms with Crippen LogP contribution in [-0.4, -0.2) is 40.2 Å². The molecule has 1 aliphatic rings. The van der Waals surface area contributed by atoms with Gasteiger partial charge in [-0.15, -0.1) is 0 Å². The highest BCUT2D eigenvalue weighted by molar-refractivity contribution is 5.79.